The van der Waals surface area contributed by atoms with Gasteiger partial charge < -0.3 is 60.7 Å². The van der Waals surface area contributed by atoms with Crippen LogP contribution in [0.15, 0.2) is 12.2 Å². The highest BCUT2D eigenvalue weighted by Crippen LogP contribution is 2.25. The maximum absolute atomic E-state index is 15.1. The van der Waals surface area contributed by atoms with Crippen molar-refractivity contribution in [2.75, 3.05) is 55.9 Å². The van der Waals surface area contributed by atoms with Gasteiger partial charge in [-0.3, -0.25) is 52.7 Å². The quantitative estimate of drug-likeness (QED) is 0.148. The van der Waals surface area contributed by atoms with E-state index in [-0.39, 0.29) is 49.9 Å². The topological polar surface area (TPSA) is 279 Å². The number of aliphatic hydroxyl groups is 1. The first-order chi connectivity index (χ1) is 38.9. The van der Waals surface area contributed by atoms with Gasteiger partial charge in [0.1, 0.15) is 60.4 Å². The minimum atomic E-state index is -1.61. The predicted molar refractivity (Wildman–Crippen MR) is 324 cm³/mol. The maximum atomic E-state index is 15.1. The van der Waals surface area contributed by atoms with Gasteiger partial charge in [-0.15, -0.1) is 0 Å². The van der Waals surface area contributed by atoms with E-state index in [0.29, 0.717) is 12.8 Å². The normalized spacial score (nSPS) is 27.0. The molecule has 23 nitrogen and oxygen atoms in total. The van der Waals surface area contributed by atoms with Crippen molar-refractivity contribution in [3.63, 3.8) is 0 Å². The summed E-state index contributed by atoms with van der Waals surface area (Å²) in [4.78, 5) is 168. The van der Waals surface area contributed by atoms with Crippen molar-refractivity contribution in [2.24, 2.45) is 35.5 Å². The lowest BCUT2D eigenvalue weighted by Crippen LogP contribution is -2.63. The zero-order valence-corrected chi connectivity index (χ0v) is 55.2. The summed E-state index contributed by atoms with van der Waals surface area (Å²) in [6, 6.07) is -12.3. The smallest absolute Gasteiger partial charge is 0.246 e. The van der Waals surface area contributed by atoms with Crippen molar-refractivity contribution >= 4 is 65.0 Å². The van der Waals surface area contributed by atoms with E-state index in [1.807, 2.05) is 48.5 Å². The van der Waals surface area contributed by atoms with Gasteiger partial charge in [-0.25, -0.2) is 0 Å². The number of hydrogen-bond donors (Lipinski definition) is 5. The molecule has 0 aromatic heterocycles. The molecule has 23 heteroatoms. The second-order valence-corrected chi connectivity index (χ2v) is 25.2. The van der Waals surface area contributed by atoms with Gasteiger partial charge in [-0.2, -0.15) is 0 Å². The molecular formula is C61H109N11O12. The number of amides is 11. The van der Waals surface area contributed by atoms with Crippen LogP contribution in [0.5, 0.6) is 0 Å². The number of likely N-dealkylation sites (N-methyl/N-ethyl adjacent to an activating group) is 7. The SMILES string of the molecule is C/C=C/C[C@@H](C)[C@@H](O)[C@H]1C(=O)N[C@@H](CC)C(=O)N(C)CC(=O)N(C)[C@H](CCC)C(=O)N[C@@H](C(C)C)C(=O)N(C)[C@@H](C)C(=O)N[C@@H](CC(C)C)C(=O)N[C@H](C)C(=O)N(C)[C@@H](CC(C)C)C(=O)N(C)[C@H](CC(C)C)C(=O)N(C)[C@@H](C(C)C)C(=O)N1C. The van der Waals surface area contributed by atoms with Crippen molar-refractivity contribution in [2.45, 2.75) is 222 Å². The molecule has 5 N–H and O–H groups in total. The van der Waals surface area contributed by atoms with E-state index in [9.17, 15) is 48.3 Å². The molecule has 0 unspecified atom stereocenters. The minimum absolute atomic E-state index is 0.0254. The number of nitrogens with zero attached hydrogens (tertiary/aromatic N) is 7. The van der Waals surface area contributed by atoms with Crippen molar-refractivity contribution in [3.8, 4) is 0 Å². The molecule has 0 aliphatic carbocycles. The summed E-state index contributed by atoms with van der Waals surface area (Å²) in [5, 5.41) is 23.1. The van der Waals surface area contributed by atoms with E-state index in [1.165, 1.54) is 82.8 Å². The standard InChI is InChI=1S/C61H109N11O12/c1-24-27-29-39(14)51(74)50-55(78)63-42(26-3)57(80)66(17)33-47(73)68(19)44(28-25-2)54(77)65-48(37(10)11)60(83)67(18)41(16)52(75)64-43(30-34(4)5)53(76)62-40(15)56(79)69(20)45(31-35(6)7)58(81)70(21)46(32-36(8)9)59(82)71(22)49(38(12)13)61(84)72(50)23/h24,27,34-46,48-51,74H,25-26,28-33H2,1-23H3,(H,62,76)(H,63,78)(H,64,75)(H,65,77)/b27-24+/t39-,40-,41+,42+,43+,44-,45+,46-,48+,49+,50+,51-/m1/s1. The molecule has 0 aromatic carbocycles. The van der Waals surface area contributed by atoms with Crippen molar-refractivity contribution in [1.82, 2.24) is 55.6 Å². The van der Waals surface area contributed by atoms with E-state index in [2.05, 4.69) is 21.3 Å². The van der Waals surface area contributed by atoms with Gasteiger partial charge in [0.15, 0.2) is 0 Å². The van der Waals surface area contributed by atoms with Gasteiger partial charge in [0.2, 0.25) is 65.0 Å². The third-order valence-corrected chi connectivity index (χ3v) is 16.0. The Bertz CT molecular complexity index is 2290. The molecule has 480 valence electrons. The first-order valence-corrected chi connectivity index (χ1v) is 30.2. The van der Waals surface area contributed by atoms with Gasteiger partial charge in [-0.05, 0) is 94.8 Å². The lowest BCUT2D eigenvalue weighted by Gasteiger charge is -2.41. The van der Waals surface area contributed by atoms with E-state index in [0.717, 1.165) is 14.7 Å². The number of hydrogen-bond acceptors (Lipinski definition) is 12. The molecule has 11 amide bonds. The Morgan fingerprint density at radius 2 is 0.988 bits per heavy atom. The third-order valence-electron chi connectivity index (χ3n) is 16.0. The average Bonchev–Trinajstić information content (AvgIpc) is 3.41. The summed E-state index contributed by atoms with van der Waals surface area (Å²) in [5.41, 5.74) is 0. The second kappa shape index (κ2) is 34.7. The summed E-state index contributed by atoms with van der Waals surface area (Å²) < 4.78 is 0. The highest BCUT2D eigenvalue weighted by Gasteiger charge is 2.45. The molecule has 1 saturated heterocycles. The number of aliphatic hydroxyl groups excluding tert-OH is 1. The lowest BCUT2D eigenvalue weighted by molar-refractivity contribution is -0.157. The number of nitrogens with one attached hydrogen (secondary N) is 4. The molecule has 0 aromatic rings. The fraction of sp³-hybridized carbons (Fsp3) is 0.787. The number of allylic oxidation sites excluding steroid dienone is 2. The summed E-state index contributed by atoms with van der Waals surface area (Å²) in [5.74, 6) is -9.55. The molecule has 0 bridgehead atoms. The van der Waals surface area contributed by atoms with Crippen LogP contribution in [0.3, 0.4) is 0 Å². The molecule has 1 rings (SSSR count). The van der Waals surface area contributed by atoms with Crippen LogP contribution in [-0.4, -0.2) is 227 Å². The maximum Gasteiger partial charge on any atom is 0.246 e. The average molecular weight is 1190 g/mol. The predicted octanol–water partition coefficient (Wildman–Crippen LogP) is 3.02. The summed E-state index contributed by atoms with van der Waals surface area (Å²) >= 11 is 0. The van der Waals surface area contributed by atoms with Gasteiger partial charge >= 0.3 is 0 Å². The zero-order chi connectivity index (χ0) is 65.1. The molecule has 1 aliphatic rings. The molecule has 84 heavy (non-hydrogen) atoms. The lowest BCUT2D eigenvalue weighted by atomic mass is 9.91. The molecule has 0 saturated carbocycles. The fourth-order valence-corrected chi connectivity index (χ4v) is 10.5. The molecule has 1 fully saturated rings. The van der Waals surface area contributed by atoms with Gasteiger partial charge in [0.25, 0.3) is 0 Å². The Kier molecular flexibility index (Phi) is 31.4. The highest BCUT2D eigenvalue weighted by atomic mass is 16.3. The van der Waals surface area contributed by atoms with Crippen LogP contribution in [0.25, 0.3) is 0 Å². The molecule has 1 heterocycles. The fourth-order valence-electron chi connectivity index (χ4n) is 10.5. The van der Waals surface area contributed by atoms with E-state index < -0.39 is 156 Å². The first kappa shape index (κ1) is 75.9. The van der Waals surface area contributed by atoms with Crippen LogP contribution >= 0.6 is 0 Å². The Balaban J connectivity index is 4.30. The zero-order valence-electron chi connectivity index (χ0n) is 55.2. The monoisotopic (exact) mass is 1190 g/mol. The number of carbonyl (C=O) groups is 11. The van der Waals surface area contributed by atoms with Crippen LogP contribution in [-0.2, 0) is 52.7 Å². The highest BCUT2D eigenvalue weighted by molar-refractivity contribution is 5.99. The van der Waals surface area contributed by atoms with E-state index in [4.69, 9.17) is 0 Å². The Hall–Kier alpha value is -6.13. The second-order valence-electron chi connectivity index (χ2n) is 25.2. The molecule has 0 radical (unpaired) electrons. The Morgan fingerprint density at radius 3 is 1.45 bits per heavy atom. The van der Waals surface area contributed by atoms with Gasteiger partial charge in [-0.1, -0.05) is 109 Å². The van der Waals surface area contributed by atoms with Gasteiger partial charge in [0, 0.05) is 49.3 Å². The largest absolute Gasteiger partial charge is 0.390 e. The summed E-state index contributed by atoms with van der Waals surface area (Å²) in [6.45, 7) is 27.4. The van der Waals surface area contributed by atoms with Crippen LogP contribution < -0.4 is 21.3 Å². The molecule has 0 spiro atoms. The summed E-state index contributed by atoms with van der Waals surface area (Å²) in [7, 11) is 9.87. The van der Waals surface area contributed by atoms with Crippen molar-refractivity contribution < 1.29 is 57.8 Å². The minimum Gasteiger partial charge on any atom is -0.390 e. The molecule has 1 aliphatic heterocycles. The van der Waals surface area contributed by atoms with Crippen molar-refractivity contribution in [3.05, 3.63) is 12.2 Å². The third kappa shape index (κ3) is 20.8. The van der Waals surface area contributed by atoms with Crippen LogP contribution in [0.1, 0.15) is 156 Å². The summed E-state index contributed by atoms with van der Waals surface area (Å²) in [6.07, 6.45) is 3.49. The number of carbonyl (C=O) groups excluding carboxylic acids is 11. The number of rotatable bonds is 15. The Labute approximate surface area is 502 Å². The van der Waals surface area contributed by atoms with Crippen molar-refractivity contribution in [1.29, 1.82) is 0 Å². The van der Waals surface area contributed by atoms with Gasteiger partial charge in [0.05, 0.1) is 12.6 Å². The van der Waals surface area contributed by atoms with E-state index >= 15 is 9.59 Å². The Morgan fingerprint density at radius 1 is 0.500 bits per heavy atom. The van der Waals surface area contributed by atoms with Crippen LogP contribution in [0, 0.1) is 35.5 Å². The molecular weight excluding hydrogens is 1080 g/mol. The first-order valence-electron chi connectivity index (χ1n) is 30.2. The molecule has 12 atom stereocenters. The van der Waals surface area contributed by atoms with Crippen LogP contribution in [0.2, 0.25) is 0 Å². The van der Waals surface area contributed by atoms with Crippen LogP contribution in [0.4, 0.5) is 0 Å². The van der Waals surface area contributed by atoms with E-state index in [1.54, 1.807) is 60.6 Å².